The van der Waals surface area contributed by atoms with Crippen LogP contribution in [0.3, 0.4) is 0 Å². The average Bonchev–Trinajstić information content (AvgIpc) is 2.69. The van der Waals surface area contributed by atoms with E-state index in [1.807, 2.05) is 36.4 Å². The Hall–Kier alpha value is -2.53. The Balaban J connectivity index is 0.00000280. The molecular weight excluding hydrogens is 374 g/mol. The number of hydrogen-bond acceptors (Lipinski definition) is 3. The maximum Gasteiger partial charge on any atom is 0.227 e. The van der Waals surface area contributed by atoms with Gasteiger partial charge < -0.3 is 16.4 Å². The number of nitrogens with two attached hydrogens (primary N) is 1. The smallest absolute Gasteiger partial charge is 0.227 e. The molecule has 5 nitrogen and oxygen atoms in total. The highest BCUT2D eigenvalue weighted by Crippen LogP contribution is 2.25. The van der Waals surface area contributed by atoms with Gasteiger partial charge in [-0.25, -0.2) is 0 Å². The number of carbonyl (C=O) groups excluding carboxylic acids is 2. The molecule has 28 heavy (non-hydrogen) atoms. The molecule has 0 aromatic heterocycles. The van der Waals surface area contributed by atoms with Gasteiger partial charge in [0.1, 0.15) is 0 Å². The van der Waals surface area contributed by atoms with Gasteiger partial charge in [0.2, 0.25) is 11.8 Å². The quantitative estimate of drug-likeness (QED) is 0.638. The Morgan fingerprint density at radius 3 is 2.39 bits per heavy atom. The minimum absolute atomic E-state index is 0. The van der Waals surface area contributed by atoms with Crippen molar-refractivity contribution in [1.82, 2.24) is 5.32 Å². The third kappa shape index (κ3) is 6.57. The molecule has 0 aliphatic heterocycles. The summed E-state index contributed by atoms with van der Waals surface area (Å²) in [6, 6.07) is 15.0. The molecule has 0 bridgehead atoms. The summed E-state index contributed by atoms with van der Waals surface area (Å²) in [6.45, 7) is 0.431. The fraction of sp³-hybridized carbons (Fsp3) is 0.364. The monoisotopic (exact) mass is 401 g/mol. The van der Waals surface area contributed by atoms with Crippen LogP contribution in [-0.2, 0) is 22.6 Å². The van der Waals surface area contributed by atoms with Gasteiger partial charge in [-0.15, -0.1) is 12.4 Å². The fourth-order valence-electron chi connectivity index (χ4n) is 3.45. The predicted molar refractivity (Wildman–Crippen MR) is 115 cm³/mol. The Morgan fingerprint density at radius 1 is 0.964 bits per heavy atom. The van der Waals surface area contributed by atoms with Gasteiger partial charge in [-0.05, 0) is 48.2 Å². The van der Waals surface area contributed by atoms with E-state index in [4.69, 9.17) is 5.73 Å². The number of amides is 2. The zero-order valence-corrected chi connectivity index (χ0v) is 16.8. The Kier molecular flexibility index (Phi) is 8.33. The summed E-state index contributed by atoms with van der Waals surface area (Å²) in [7, 11) is 0. The molecule has 150 valence electrons. The van der Waals surface area contributed by atoms with Crippen molar-refractivity contribution in [2.45, 2.75) is 45.1 Å². The number of hydrogen-bond donors (Lipinski definition) is 3. The van der Waals surface area contributed by atoms with Gasteiger partial charge in [-0.2, -0.15) is 0 Å². The van der Waals surface area contributed by atoms with Crippen molar-refractivity contribution in [3.05, 3.63) is 59.7 Å². The van der Waals surface area contributed by atoms with Crippen LogP contribution in [0, 0.1) is 5.92 Å². The summed E-state index contributed by atoms with van der Waals surface area (Å²) < 4.78 is 0. The zero-order valence-electron chi connectivity index (χ0n) is 15.9. The molecule has 0 atom stereocenters. The lowest BCUT2D eigenvalue weighted by atomic mass is 9.88. The van der Waals surface area contributed by atoms with Gasteiger partial charge in [-0.1, -0.05) is 43.5 Å². The first kappa shape index (κ1) is 21.8. The van der Waals surface area contributed by atoms with Crippen LogP contribution < -0.4 is 16.4 Å². The number of anilines is 2. The van der Waals surface area contributed by atoms with Gasteiger partial charge >= 0.3 is 0 Å². The molecule has 1 fully saturated rings. The van der Waals surface area contributed by atoms with E-state index in [-0.39, 0.29) is 30.1 Å². The second kappa shape index (κ2) is 10.7. The van der Waals surface area contributed by atoms with Crippen LogP contribution in [0.1, 0.15) is 43.2 Å². The van der Waals surface area contributed by atoms with Gasteiger partial charge in [-0.3, -0.25) is 9.59 Å². The third-order valence-corrected chi connectivity index (χ3v) is 5.00. The van der Waals surface area contributed by atoms with Gasteiger partial charge in [0, 0.05) is 23.8 Å². The third-order valence-electron chi connectivity index (χ3n) is 5.00. The minimum Gasteiger partial charge on any atom is -0.399 e. The Labute approximate surface area is 172 Å². The van der Waals surface area contributed by atoms with E-state index in [1.165, 1.54) is 6.42 Å². The number of halogens is 1. The van der Waals surface area contributed by atoms with E-state index in [9.17, 15) is 9.59 Å². The van der Waals surface area contributed by atoms with Crippen molar-refractivity contribution >= 4 is 35.6 Å². The fourth-order valence-corrected chi connectivity index (χ4v) is 3.45. The topological polar surface area (TPSA) is 84.2 Å². The predicted octanol–water partition coefficient (Wildman–Crippen LogP) is 4.07. The average molecular weight is 402 g/mol. The van der Waals surface area contributed by atoms with E-state index in [0.717, 1.165) is 42.5 Å². The lowest BCUT2D eigenvalue weighted by Gasteiger charge is -2.20. The highest BCUT2D eigenvalue weighted by atomic mass is 35.5. The molecule has 0 radical (unpaired) electrons. The molecule has 0 heterocycles. The van der Waals surface area contributed by atoms with Crippen molar-refractivity contribution in [3.8, 4) is 0 Å². The summed E-state index contributed by atoms with van der Waals surface area (Å²) in [6.07, 6.45) is 5.78. The molecule has 4 N–H and O–H groups in total. The number of rotatable bonds is 6. The molecule has 2 aromatic rings. The maximum absolute atomic E-state index is 12.4. The van der Waals surface area contributed by atoms with Gasteiger partial charge in [0.25, 0.3) is 0 Å². The van der Waals surface area contributed by atoms with E-state index in [2.05, 4.69) is 10.6 Å². The summed E-state index contributed by atoms with van der Waals surface area (Å²) in [5.41, 5.74) is 9.02. The summed E-state index contributed by atoms with van der Waals surface area (Å²) in [5, 5.41) is 5.94. The number of benzene rings is 2. The molecule has 1 saturated carbocycles. The molecule has 0 saturated heterocycles. The standard InChI is InChI=1S/C22H27N3O2.ClH/c23-19-11-9-16(10-12-19)14-21(26)24-15-17-5-4-8-20(13-17)25-22(27)18-6-2-1-3-7-18;/h4-5,8-13,18H,1-3,6-7,14-15,23H2,(H,24,26)(H,25,27);1H. The van der Waals surface area contributed by atoms with E-state index >= 15 is 0 Å². The lowest BCUT2D eigenvalue weighted by Crippen LogP contribution is -2.25. The Bertz CT molecular complexity index is 787. The molecule has 0 spiro atoms. The first-order valence-corrected chi connectivity index (χ1v) is 9.61. The lowest BCUT2D eigenvalue weighted by molar-refractivity contribution is -0.121. The van der Waals surface area contributed by atoms with Crippen molar-refractivity contribution in [2.75, 3.05) is 11.1 Å². The molecule has 2 aromatic carbocycles. The molecule has 6 heteroatoms. The first-order valence-electron chi connectivity index (χ1n) is 9.61. The highest BCUT2D eigenvalue weighted by molar-refractivity contribution is 5.92. The van der Waals surface area contributed by atoms with Crippen LogP contribution in [0.2, 0.25) is 0 Å². The number of nitrogen functional groups attached to an aromatic ring is 1. The normalized spacial score (nSPS) is 14.0. The summed E-state index contributed by atoms with van der Waals surface area (Å²) >= 11 is 0. The molecule has 1 aliphatic carbocycles. The molecule has 1 aliphatic rings. The summed E-state index contributed by atoms with van der Waals surface area (Å²) in [4.78, 5) is 24.5. The van der Waals surface area contributed by atoms with Gasteiger partial charge in [0.15, 0.2) is 0 Å². The first-order chi connectivity index (χ1) is 13.1. The number of nitrogens with one attached hydrogen (secondary N) is 2. The van der Waals surface area contributed by atoms with Crippen LogP contribution >= 0.6 is 12.4 Å². The maximum atomic E-state index is 12.4. The molecule has 0 unspecified atom stereocenters. The van der Waals surface area contributed by atoms with Crippen molar-refractivity contribution in [1.29, 1.82) is 0 Å². The van der Waals surface area contributed by atoms with Crippen LogP contribution in [0.15, 0.2) is 48.5 Å². The van der Waals surface area contributed by atoms with Crippen molar-refractivity contribution in [2.24, 2.45) is 5.92 Å². The molecule has 3 rings (SSSR count). The van der Waals surface area contributed by atoms with Gasteiger partial charge in [0.05, 0.1) is 6.42 Å². The van der Waals surface area contributed by atoms with Crippen LogP contribution in [0.4, 0.5) is 11.4 Å². The zero-order chi connectivity index (χ0) is 19.1. The summed E-state index contributed by atoms with van der Waals surface area (Å²) in [5.74, 6) is 0.192. The minimum atomic E-state index is -0.0450. The Morgan fingerprint density at radius 2 is 1.68 bits per heavy atom. The molecular formula is C22H28ClN3O2. The van der Waals surface area contributed by atoms with E-state index < -0.39 is 0 Å². The van der Waals surface area contributed by atoms with E-state index in [0.29, 0.717) is 18.7 Å². The largest absolute Gasteiger partial charge is 0.399 e. The van der Waals surface area contributed by atoms with Crippen LogP contribution in [0.5, 0.6) is 0 Å². The second-order valence-corrected chi connectivity index (χ2v) is 7.22. The van der Waals surface area contributed by atoms with Crippen molar-refractivity contribution in [3.63, 3.8) is 0 Å². The van der Waals surface area contributed by atoms with Crippen LogP contribution in [0.25, 0.3) is 0 Å². The van der Waals surface area contributed by atoms with E-state index in [1.54, 1.807) is 12.1 Å². The van der Waals surface area contributed by atoms with Crippen molar-refractivity contribution < 1.29 is 9.59 Å². The van der Waals surface area contributed by atoms with Crippen LogP contribution in [-0.4, -0.2) is 11.8 Å². The number of carbonyl (C=O) groups is 2. The SMILES string of the molecule is Cl.Nc1ccc(CC(=O)NCc2cccc(NC(=O)C3CCCCC3)c2)cc1. The molecule has 2 amide bonds. The highest BCUT2D eigenvalue weighted by Gasteiger charge is 2.21. The second-order valence-electron chi connectivity index (χ2n) is 7.22.